The second-order valence-corrected chi connectivity index (χ2v) is 18.7. The molecule has 0 saturated heterocycles. The average molecular weight is 1020 g/mol. The summed E-state index contributed by atoms with van der Waals surface area (Å²) in [6.45, 7) is 14.7. The van der Waals surface area contributed by atoms with Gasteiger partial charge in [0.2, 0.25) is 11.8 Å². The van der Waals surface area contributed by atoms with Gasteiger partial charge < -0.3 is 52.1 Å². The Morgan fingerprint density at radius 2 is 0.946 bits per heavy atom. The highest BCUT2D eigenvalue weighted by Gasteiger charge is 2.22. The number of nitrogens with one attached hydrogen (secondary N) is 4. The number of alkyl carbamates (subject to hydrolysis) is 3. The van der Waals surface area contributed by atoms with Gasteiger partial charge in [0.05, 0.1) is 11.0 Å². The molecule has 5 rings (SSSR count). The minimum absolute atomic E-state index is 0.0356. The number of nitrogens with two attached hydrogens (primary N) is 3. The molecule has 0 unspecified atom stereocenters. The molecule has 5 aromatic carbocycles. The number of hydrogen-bond acceptors (Lipinski definition) is 13. The maximum absolute atomic E-state index is 12.3. The van der Waals surface area contributed by atoms with E-state index in [9.17, 15) is 38.9 Å². The van der Waals surface area contributed by atoms with Gasteiger partial charge in [-0.1, -0.05) is 84.9 Å². The van der Waals surface area contributed by atoms with Crippen molar-refractivity contribution in [1.29, 1.82) is 0 Å². The molecular weight excluding hydrogens is 953 g/mol. The fraction of sp³-hybridized carbons (Fsp3) is 0.333. The van der Waals surface area contributed by atoms with Crippen LogP contribution >= 0.6 is 0 Å². The van der Waals surface area contributed by atoms with Crippen LogP contribution < -0.4 is 38.5 Å². The molecule has 5 aromatic rings. The minimum Gasteiger partial charge on any atom is -0.444 e. The number of carbonyl (C=O) groups excluding carboxylic acids is 6. The first kappa shape index (κ1) is 59.8. The first-order valence-corrected chi connectivity index (χ1v) is 23.5. The number of non-ortho nitro benzene ring substituents is 1. The van der Waals surface area contributed by atoms with Gasteiger partial charge in [-0.25, -0.2) is 19.2 Å². The number of nitro groups is 1. The van der Waals surface area contributed by atoms with Crippen LogP contribution in [0.1, 0.15) is 111 Å². The van der Waals surface area contributed by atoms with Crippen LogP contribution in [0.15, 0.2) is 133 Å². The normalized spacial score (nSPS) is 12.4. The van der Waals surface area contributed by atoms with Crippen molar-refractivity contribution >= 4 is 47.6 Å². The molecule has 4 atom stereocenters. The number of amides is 6. The van der Waals surface area contributed by atoms with Gasteiger partial charge in [0, 0.05) is 48.1 Å². The predicted octanol–water partition coefficient (Wildman–Crippen LogP) is 8.79. The number of ether oxygens (including phenoxy) is 4. The van der Waals surface area contributed by atoms with Crippen LogP contribution in [0.4, 0.5) is 30.6 Å². The van der Waals surface area contributed by atoms with Gasteiger partial charge in [-0.05, 0) is 127 Å². The summed E-state index contributed by atoms with van der Waals surface area (Å²) >= 11 is 0. The van der Waals surface area contributed by atoms with Gasteiger partial charge in [-0.3, -0.25) is 25.0 Å². The fourth-order valence-corrected chi connectivity index (χ4v) is 6.46. The van der Waals surface area contributed by atoms with E-state index in [1.54, 1.807) is 104 Å². The Balaban J connectivity index is 0.000000303. The average Bonchev–Trinajstić information content (AvgIpc) is 3.33. The molecule has 0 saturated carbocycles. The number of primary amides is 2. The second-order valence-electron chi connectivity index (χ2n) is 18.7. The summed E-state index contributed by atoms with van der Waals surface area (Å²) in [5, 5.41) is 21.3. The topological polar surface area (TPSA) is 309 Å². The molecule has 0 aliphatic rings. The molecule has 20 heteroatoms. The standard InChI is InChI=1S/C24H31N3O5.C15H23N3O3.C15H14N2O4/c1-16(18-8-6-5-7-9-18)31-22(29)26-15-20(27-23(30)32-24(2,3)4)14-17-10-12-19(13-11-17)21(25)28;1-15(2,3)21-14(20)18-12(9-16)8-10-4-6-11(7-5-10)13(17)19;1-11(12-5-3-2-4-6-12)21-15(18)16-13-7-9-14(10-8-13)17(19)20/h5-13,16,20H,14-15H2,1-4H3,(H2,25,28)(H,26,29)(H,27,30);4-7,12H,8-9,16H2,1-3H3,(H2,17,19)(H,18,20);2-11H,1H3,(H,16,18)/t16-,20-;12-;11-/m000/s1. The van der Waals surface area contributed by atoms with Crippen LogP contribution in [0.3, 0.4) is 0 Å². The zero-order valence-corrected chi connectivity index (χ0v) is 42.9. The first-order chi connectivity index (χ1) is 34.8. The summed E-state index contributed by atoms with van der Waals surface area (Å²) in [4.78, 5) is 80.3. The van der Waals surface area contributed by atoms with E-state index in [1.165, 1.54) is 24.3 Å². The highest BCUT2D eigenvalue weighted by Crippen LogP contribution is 2.20. The largest absolute Gasteiger partial charge is 0.444 e. The molecule has 6 amide bonds. The van der Waals surface area contributed by atoms with Crippen LogP contribution in [-0.4, -0.2) is 77.5 Å². The van der Waals surface area contributed by atoms with E-state index in [0.717, 1.165) is 22.3 Å². The predicted molar refractivity (Wildman–Crippen MR) is 280 cm³/mol. The van der Waals surface area contributed by atoms with Crippen LogP contribution in [0.5, 0.6) is 0 Å². The third kappa shape index (κ3) is 23.6. The van der Waals surface area contributed by atoms with E-state index in [1.807, 2.05) is 60.7 Å². The molecule has 0 spiro atoms. The number of benzene rings is 5. The minimum atomic E-state index is -0.657. The van der Waals surface area contributed by atoms with E-state index in [-0.39, 0.29) is 30.9 Å². The van der Waals surface area contributed by atoms with Gasteiger partial charge in [0.15, 0.2) is 0 Å². The molecule has 0 heterocycles. The van der Waals surface area contributed by atoms with Crippen molar-refractivity contribution in [1.82, 2.24) is 16.0 Å². The van der Waals surface area contributed by atoms with Gasteiger partial charge in [0.25, 0.3) is 5.69 Å². The summed E-state index contributed by atoms with van der Waals surface area (Å²) in [5.41, 5.74) is 19.7. The van der Waals surface area contributed by atoms with Crippen molar-refractivity contribution in [3.63, 3.8) is 0 Å². The van der Waals surface area contributed by atoms with Crippen molar-refractivity contribution < 1.29 is 52.6 Å². The van der Waals surface area contributed by atoms with E-state index >= 15 is 0 Å². The third-order valence-electron chi connectivity index (χ3n) is 10.1. The Morgan fingerprint density at radius 1 is 0.554 bits per heavy atom. The molecule has 396 valence electrons. The van der Waals surface area contributed by atoms with E-state index < -0.39 is 64.5 Å². The van der Waals surface area contributed by atoms with Crippen molar-refractivity contribution in [3.8, 4) is 0 Å². The van der Waals surface area contributed by atoms with Crippen LogP contribution in [0.2, 0.25) is 0 Å². The third-order valence-corrected chi connectivity index (χ3v) is 10.1. The number of carbonyl (C=O) groups is 6. The fourth-order valence-electron chi connectivity index (χ4n) is 6.46. The van der Waals surface area contributed by atoms with Crippen LogP contribution in [-0.2, 0) is 31.8 Å². The Morgan fingerprint density at radius 3 is 1.32 bits per heavy atom. The first-order valence-electron chi connectivity index (χ1n) is 23.5. The molecule has 20 nitrogen and oxygen atoms in total. The van der Waals surface area contributed by atoms with Crippen molar-refractivity contribution in [2.24, 2.45) is 17.2 Å². The Kier molecular flexibility index (Phi) is 23.5. The lowest BCUT2D eigenvalue weighted by Gasteiger charge is -2.24. The molecule has 0 aromatic heterocycles. The zero-order chi connectivity index (χ0) is 55.0. The number of nitrogens with zero attached hydrogens (tertiary/aromatic N) is 1. The molecule has 74 heavy (non-hydrogen) atoms. The molecule has 0 bridgehead atoms. The summed E-state index contributed by atoms with van der Waals surface area (Å²) in [6.07, 6.45) is -2.15. The molecular formula is C54H68N8O12. The van der Waals surface area contributed by atoms with Gasteiger partial charge in [-0.15, -0.1) is 0 Å². The summed E-state index contributed by atoms with van der Waals surface area (Å²) in [7, 11) is 0. The maximum Gasteiger partial charge on any atom is 0.412 e. The lowest BCUT2D eigenvalue weighted by Crippen LogP contribution is -2.46. The number of anilines is 1. The number of hydrogen-bond donors (Lipinski definition) is 7. The molecule has 0 aliphatic heterocycles. The Hall–Kier alpha value is -8.52. The number of rotatable bonds is 17. The molecule has 0 fully saturated rings. The summed E-state index contributed by atoms with van der Waals surface area (Å²) < 4.78 is 21.2. The quantitative estimate of drug-likeness (QED) is 0.0260. The summed E-state index contributed by atoms with van der Waals surface area (Å²) in [6, 6.07) is 37.2. The Bertz CT molecular complexity index is 2590. The van der Waals surface area contributed by atoms with Gasteiger partial charge in [-0.2, -0.15) is 0 Å². The molecule has 0 radical (unpaired) electrons. The maximum atomic E-state index is 12.3. The SMILES string of the molecule is CC(C)(C)OC(=O)N[C@H](CN)Cc1ccc(C(N)=O)cc1.C[C@H](OC(=O)NC[C@H](Cc1ccc(C(N)=O)cc1)NC(=O)OC(C)(C)C)c1ccccc1.C[C@H](OC(=O)Nc1ccc([N+](=O)[O-])cc1)c1ccccc1. The number of nitro benzene ring substituents is 1. The van der Waals surface area contributed by atoms with Crippen molar-refractivity contribution in [2.45, 2.75) is 104 Å². The zero-order valence-electron chi connectivity index (χ0n) is 42.9. The Labute approximate surface area is 431 Å². The van der Waals surface area contributed by atoms with Crippen molar-refractivity contribution in [3.05, 3.63) is 177 Å². The lowest BCUT2D eigenvalue weighted by molar-refractivity contribution is -0.384. The highest BCUT2D eigenvalue weighted by atomic mass is 16.6. The van der Waals surface area contributed by atoms with Crippen LogP contribution in [0, 0.1) is 10.1 Å². The van der Waals surface area contributed by atoms with Crippen LogP contribution in [0.25, 0.3) is 0 Å². The van der Waals surface area contributed by atoms with E-state index in [2.05, 4.69) is 21.3 Å². The second kappa shape index (κ2) is 29.1. The van der Waals surface area contributed by atoms with Gasteiger partial charge in [0.1, 0.15) is 23.4 Å². The van der Waals surface area contributed by atoms with Gasteiger partial charge >= 0.3 is 24.4 Å². The lowest BCUT2D eigenvalue weighted by atomic mass is 10.0. The summed E-state index contributed by atoms with van der Waals surface area (Å²) in [5.74, 6) is -0.985. The monoisotopic (exact) mass is 1020 g/mol. The smallest absolute Gasteiger partial charge is 0.412 e. The van der Waals surface area contributed by atoms with E-state index in [4.69, 9.17) is 36.1 Å². The highest BCUT2D eigenvalue weighted by molar-refractivity contribution is 5.93. The molecule has 10 N–H and O–H groups in total. The molecule has 0 aliphatic carbocycles. The van der Waals surface area contributed by atoms with E-state index in [0.29, 0.717) is 29.7 Å². The van der Waals surface area contributed by atoms with Crippen molar-refractivity contribution in [2.75, 3.05) is 18.4 Å².